The predicted octanol–water partition coefficient (Wildman–Crippen LogP) is 2.65. The first-order valence-corrected chi connectivity index (χ1v) is 6.52. The molecular weight excluding hydrogens is 210 g/mol. The van der Waals surface area contributed by atoms with Gasteiger partial charge in [-0.15, -0.1) is 0 Å². The van der Waals surface area contributed by atoms with Crippen LogP contribution in [0, 0.1) is 6.92 Å². The van der Waals surface area contributed by atoms with Gasteiger partial charge in [0.2, 0.25) is 5.91 Å². The van der Waals surface area contributed by atoms with Crippen LogP contribution in [0.5, 0.6) is 0 Å². The molecule has 2 atom stereocenters. The molecule has 1 saturated heterocycles. The summed E-state index contributed by atoms with van der Waals surface area (Å²) in [6, 6.07) is 7.25. The van der Waals surface area contributed by atoms with E-state index >= 15 is 0 Å². The number of likely N-dealkylation sites (N-methyl/N-ethyl adjacent to an activating group) is 1. The second-order valence-electron chi connectivity index (χ2n) is 5.46. The Kier molecular flexibility index (Phi) is 2.46. The van der Waals surface area contributed by atoms with E-state index in [0.717, 1.165) is 19.3 Å². The largest absolute Gasteiger partial charge is 0.342 e. The van der Waals surface area contributed by atoms with Crippen LogP contribution < -0.4 is 0 Å². The van der Waals surface area contributed by atoms with E-state index in [-0.39, 0.29) is 0 Å². The second kappa shape index (κ2) is 3.86. The van der Waals surface area contributed by atoms with Gasteiger partial charge in [-0.25, -0.2) is 0 Å². The van der Waals surface area contributed by atoms with Gasteiger partial charge in [0.05, 0.1) is 0 Å². The molecular formula is C15H19NO. The number of hydrogen-bond donors (Lipinski definition) is 0. The summed E-state index contributed by atoms with van der Waals surface area (Å²) in [6.45, 7) is 2.16. The van der Waals surface area contributed by atoms with E-state index in [9.17, 15) is 4.79 Å². The van der Waals surface area contributed by atoms with Gasteiger partial charge < -0.3 is 4.90 Å². The van der Waals surface area contributed by atoms with E-state index in [1.54, 1.807) is 0 Å². The lowest BCUT2D eigenvalue weighted by atomic mass is 9.74. The molecule has 0 saturated carbocycles. The highest BCUT2D eigenvalue weighted by atomic mass is 16.2. The first-order chi connectivity index (χ1) is 8.16. The number of aryl methyl sites for hydroxylation is 2. The minimum Gasteiger partial charge on any atom is -0.342 e. The van der Waals surface area contributed by atoms with Gasteiger partial charge in [0.15, 0.2) is 0 Å². The molecule has 17 heavy (non-hydrogen) atoms. The lowest BCUT2D eigenvalue weighted by Crippen LogP contribution is -2.47. The Hall–Kier alpha value is -1.31. The van der Waals surface area contributed by atoms with Crippen molar-refractivity contribution in [3.05, 3.63) is 34.9 Å². The number of carbonyl (C=O) groups is 1. The number of rotatable bonds is 0. The lowest BCUT2D eigenvalue weighted by molar-refractivity contribution is -0.135. The molecule has 2 nitrogen and oxygen atoms in total. The molecule has 1 amide bonds. The van der Waals surface area contributed by atoms with Crippen LogP contribution in [0.3, 0.4) is 0 Å². The summed E-state index contributed by atoms with van der Waals surface area (Å²) in [6.07, 6.45) is 3.99. The molecule has 1 aromatic rings. The molecule has 3 rings (SSSR count). The maximum Gasteiger partial charge on any atom is 0.222 e. The molecule has 1 aromatic carbocycles. The number of piperidine rings is 1. The van der Waals surface area contributed by atoms with Crippen molar-refractivity contribution in [3.63, 3.8) is 0 Å². The van der Waals surface area contributed by atoms with Crippen molar-refractivity contribution in [1.82, 2.24) is 4.90 Å². The number of hydrogen-bond acceptors (Lipinski definition) is 1. The van der Waals surface area contributed by atoms with Crippen molar-refractivity contribution >= 4 is 5.91 Å². The van der Waals surface area contributed by atoms with Crippen LogP contribution in [-0.4, -0.2) is 23.9 Å². The van der Waals surface area contributed by atoms with Gasteiger partial charge in [-0.3, -0.25) is 4.79 Å². The van der Waals surface area contributed by atoms with Crippen LogP contribution in [-0.2, 0) is 11.2 Å². The monoisotopic (exact) mass is 229 g/mol. The fraction of sp³-hybridized carbons (Fsp3) is 0.533. The molecule has 0 unspecified atom stereocenters. The van der Waals surface area contributed by atoms with E-state index in [2.05, 4.69) is 25.1 Å². The highest BCUT2D eigenvalue weighted by Crippen LogP contribution is 2.40. The maximum atomic E-state index is 11.7. The summed E-state index contributed by atoms with van der Waals surface area (Å²) in [5, 5.41) is 0. The molecule has 0 spiro atoms. The number of nitrogens with zero attached hydrogens (tertiary/aromatic N) is 1. The SMILES string of the molecule is Cc1ccc2c(c1)CC[C@@H]1[C@@H]2CCC(=O)N1C. The zero-order valence-electron chi connectivity index (χ0n) is 10.6. The summed E-state index contributed by atoms with van der Waals surface area (Å²) < 4.78 is 0. The molecule has 1 heterocycles. The van der Waals surface area contributed by atoms with Crippen molar-refractivity contribution in [2.45, 2.75) is 44.6 Å². The van der Waals surface area contributed by atoms with E-state index < -0.39 is 0 Å². The predicted molar refractivity (Wildman–Crippen MR) is 68.0 cm³/mol. The van der Waals surface area contributed by atoms with Crippen molar-refractivity contribution in [3.8, 4) is 0 Å². The molecule has 2 aliphatic rings. The van der Waals surface area contributed by atoms with Crippen LogP contribution in [0.15, 0.2) is 18.2 Å². The molecule has 0 N–H and O–H groups in total. The molecule has 1 aliphatic carbocycles. The Morgan fingerprint density at radius 1 is 1.24 bits per heavy atom. The zero-order valence-corrected chi connectivity index (χ0v) is 10.6. The topological polar surface area (TPSA) is 20.3 Å². The third-order valence-electron chi connectivity index (χ3n) is 4.43. The first kappa shape index (κ1) is 10.8. The van der Waals surface area contributed by atoms with E-state index in [1.165, 1.54) is 16.7 Å². The normalized spacial score (nSPS) is 27.6. The molecule has 0 radical (unpaired) electrons. The van der Waals surface area contributed by atoms with Gasteiger partial charge in [-0.1, -0.05) is 23.8 Å². The Morgan fingerprint density at radius 3 is 2.88 bits per heavy atom. The number of fused-ring (bicyclic) bond motifs is 3. The van der Waals surface area contributed by atoms with E-state index in [0.29, 0.717) is 24.3 Å². The quantitative estimate of drug-likeness (QED) is 0.669. The van der Waals surface area contributed by atoms with Gasteiger partial charge in [-0.05, 0) is 37.3 Å². The fourth-order valence-corrected chi connectivity index (χ4v) is 3.48. The van der Waals surface area contributed by atoms with Crippen LogP contribution in [0.2, 0.25) is 0 Å². The van der Waals surface area contributed by atoms with E-state index in [4.69, 9.17) is 0 Å². The van der Waals surface area contributed by atoms with Gasteiger partial charge in [0, 0.05) is 25.4 Å². The zero-order chi connectivity index (χ0) is 12.0. The van der Waals surface area contributed by atoms with E-state index in [1.807, 2.05) is 11.9 Å². The van der Waals surface area contributed by atoms with Crippen LogP contribution >= 0.6 is 0 Å². The molecule has 1 aliphatic heterocycles. The Bertz CT molecular complexity index is 466. The minimum absolute atomic E-state index is 0.321. The summed E-state index contributed by atoms with van der Waals surface area (Å²) >= 11 is 0. The number of carbonyl (C=O) groups excluding carboxylic acids is 1. The number of amides is 1. The average Bonchev–Trinajstić information content (AvgIpc) is 2.33. The van der Waals surface area contributed by atoms with Crippen molar-refractivity contribution in [1.29, 1.82) is 0 Å². The molecule has 90 valence electrons. The molecule has 1 fully saturated rings. The van der Waals surface area contributed by atoms with Crippen molar-refractivity contribution in [2.75, 3.05) is 7.05 Å². The summed E-state index contributed by atoms with van der Waals surface area (Å²) in [7, 11) is 1.97. The van der Waals surface area contributed by atoms with Crippen LogP contribution in [0.25, 0.3) is 0 Å². The summed E-state index contributed by atoms with van der Waals surface area (Å²) in [4.78, 5) is 13.7. The summed E-state index contributed by atoms with van der Waals surface area (Å²) in [5.74, 6) is 0.892. The molecule has 0 bridgehead atoms. The Morgan fingerprint density at radius 2 is 2.06 bits per heavy atom. The summed E-state index contributed by atoms with van der Waals surface area (Å²) in [5.41, 5.74) is 4.35. The highest BCUT2D eigenvalue weighted by molar-refractivity contribution is 5.77. The lowest BCUT2D eigenvalue weighted by Gasteiger charge is -2.43. The van der Waals surface area contributed by atoms with Gasteiger partial charge >= 0.3 is 0 Å². The fourth-order valence-electron chi connectivity index (χ4n) is 3.48. The third-order valence-corrected chi connectivity index (χ3v) is 4.43. The third kappa shape index (κ3) is 1.67. The Balaban J connectivity index is 1.99. The van der Waals surface area contributed by atoms with Gasteiger partial charge in [0.1, 0.15) is 0 Å². The minimum atomic E-state index is 0.321. The van der Waals surface area contributed by atoms with Crippen LogP contribution in [0.1, 0.15) is 41.9 Å². The molecule has 2 heteroatoms. The van der Waals surface area contributed by atoms with Gasteiger partial charge in [0.25, 0.3) is 0 Å². The number of benzene rings is 1. The first-order valence-electron chi connectivity index (χ1n) is 6.52. The van der Waals surface area contributed by atoms with Gasteiger partial charge in [-0.2, -0.15) is 0 Å². The van der Waals surface area contributed by atoms with Crippen molar-refractivity contribution in [2.24, 2.45) is 0 Å². The average molecular weight is 229 g/mol. The maximum absolute atomic E-state index is 11.7. The standard InChI is InChI=1S/C15H19NO/c1-10-3-5-12-11(9-10)4-7-14-13(12)6-8-15(17)16(14)2/h3,5,9,13-14H,4,6-8H2,1-2H3/t13-,14-/m1/s1. The van der Waals surface area contributed by atoms with Crippen LogP contribution in [0.4, 0.5) is 0 Å². The smallest absolute Gasteiger partial charge is 0.222 e. The molecule has 0 aromatic heterocycles. The highest BCUT2D eigenvalue weighted by Gasteiger charge is 2.37. The Labute approximate surface area is 103 Å². The number of likely N-dealkylation sites (tertiary alicyclic amines) is 1. The van der Waals surface area contributed by atoms with Crippen molar-refractivity contribution < 1.29 is 4.79 Å². The second-order valence-corrected chi connectivity index (χ2v) is 5.46.